The molecule has 1 N–H and O–H groups in total. The third-order valence-corrected chi connectivity index (χ3v) is 4.96. The maximum Gasteiger partial charge on any atom is 0.225 e. The van der Waals surface area contributed by atoms with Gasteiger partial charge in [0.25, 0.3) is 0 Å². The smallest absolute Gasteiger partial charge is 0.225 e. The Morgan fingerprint density at radius 2 is 2.40 bits per heavy atom. The molecule has 1 fully saturated rings. The molecule has 1 aromatic heterocycles. The number of rotatable bonds is 7. The molecular weight excluding hydrogens is 268 g/mol. The number of carbonyl (C=O) groups excluding carboxylic acids is 1. The highest BCUT2D eigenvalue weighted by atomic mass is 32.1. The second kappa shape index (κ2) is 8.42. The molecule has 0 saturated carbocycles. The molecule has 20 heavy (non-hydrogen) atoms. The minimum atomic E-state index is 0.151. The van der Waals surface area contributed by atoms with Crippen LogP contribution in [0.15, 0.2) is 17.5 Å². The van der Waals surface area contributed by atoms with Crippen molar-refractivity contribution in [1.82, 2.24) is 10.2 Å². The summed E-state index contributed by atoms with van der Waals surface area (Å²) in [4.78, 5) is 15.5. The topological polar surface area (TPSA) is 32.3 Å². The van der Waals surface area contributed by atoms with Crippen LogP contribution in [0.5, 0.6) is 0 Å². The Balaban J connectivity index is 1.59. The minimum absolute atomic E-state index is 0.151. The van der Waals surface area contributed by atoms with Crippen LogP contribution in [0.3, 0.4) is 0 Å². The van der Waals surface area contributed by atoms with Crippen molar-refractivity contribution >= 4 is 17.2 Å². The number of hydrogen-bond donors (Lipinski definition) is 1. The fourth-order valence-electron chi connectivity index (χ4n) is 2.96. The Bertz CT molecular complexity index is 391. The average molecular weight is 294 g/mol. The number of hydrogen-bond acceptors (Lipinski definition) is 3. The first-order chi connectivity index (χ1) is 9.79. The van der Waals surface area contributed by atoms with Crippen molar-refractivity contribution in [3.8, 4) is 0 Å². The third kappa shape index (κ3) is 4.91. The van der Waals surface area contributed by atoms with E-state index < -0.39 is 0 Å². The standard InChI is InChI=1S/C16H26N2OS/c1-2-14-7-3-4-10-18(14)11-6-9-17-16(19)13-15-8-5-12-20-15/h5,8,12,14H,2-4,6-7,9-11,13H2,1H3,(H,17,19)/t14-/m0/s1. The lowest BCUT2D eigenvalue weighted by atomic mass is 10.00. The van der Waals surface area contributed by atoms with Crippen LogP contribution in [-0.2, 0) is 11.2 Å². The number of nitrogens with one attached hydrogen (secondary N) is 1. The van der Waals surface area contributed by atoms with E-state index in [2.05, 4.69) is 17.1 Å². The number of nitrogens with zero attached hydrogens (tertiary/aromatic N) is 1. The van der Waals surface area contributed by atoms with Crippen molar-refractivity contribution in [3.05, 3.63) is 22.4 Å². The summed E-state index contributed by atoms with van der Waals surface area (Å²) in [6.07, 6.45) is 6.91. The zero-order chi connectivity index (χ0) is 14.2. The minimum Gasteiger partial charge on any atom is -0.356 e. The molecule has 1 aliphatic rings. The van der Waals surface area contributed by atoms with Gasteiger partial charge in [-0.1, -0.05) is 19.4 Å². The molecule has 3 nitrogen and oxygen atoms in total. The Morgan fingerprint density at radius 3 is 3.15 bits per heavy atom. The van der Waals surface area contributed by atoms with Crippen LogP contribution >= 0.6 is 11.3 Å². The summed E-state index contributed by atoms with van der Waals surface area (Å²) in [6, 6.07) is 4.78. The van der Waals surface area contributed by atoms with Gasteiger partial charge < -0.3 is 10.2 Å². The van der Waals surface area contributed by atoms with Crippen LogP contribution in [0, 0.1) is 0 Å². The Morgan fingerprint density at radius 1 is 1.50 bits per heavy atom. The van der Waals surface area contributed by atoms with Gasteiger partial charge in [0.05, 0.1) is 6.42 Å². The molecule has 112 valence electrons. The molecule has 0 unspecified atom stereocenters. The molecule has 0 spiro atoms. The first kappa shape index (κ1) is 15.5. The van der Waals surface area contributed by atoms with Gasteiger partial charge in [-0.15, -0.1) is 11.3 Å². The molecule has 0 bridgehead atoms. The lowest BCUT2D eigenvalue weighted by Crippen LogP contribution is -2.40. The molecule has 1 saturated heterocycles. The molecule has 1 aliphatic heterocycles. The molecule has 1 atom stereocenters. The van der Waals surface area contributed by atoms with Gasteiger partial charge in [-0.2, -0.15) is 0 Å². The summed E-state index contributed by atoms with van der Waals surface area (Å²) in [5.74, 6) is 0.151. The van der Waals surface area contributed by atoms with Crippen molar-refractivity contribution in [2.45, 2.75) is 51.5 Å². The highest BCUT2D eigenvalue weighted by Crippen LogP contribution is 2.19. The molecule has 2 rings (SSSR count). The molecular formula is C16H26N2OS. The first-order valence-corrected chi connectivity index (χ1v) is 8.70. The van der Waals surface area contributed by atoms with Crippen LogP contribution in [0.4, 0.5) is 0 Å². The van der Waals surface area contributed by atoms with Crippen LogP contribution in [0.2, 0.25) is 0 Å². The summed E-state index contributed by atoms with van der Waals surface area (Å²) in [6.45, 7) is 5.45. The highest BCUT2D eigenvalue weighted by molar-refractivity contribution is 7.10. The van der Waals surface area contributed by atoms with E-state index in [1.165, 1.54) is 32.2 Å². The SMILES string of the molecule is CC[C@H]1CCCCN1CCCNC(=O)Cc1cccs1. The van der Waals surface area contributed by atoms with Crippen molar-refractivity contribution in [1.29, 1.82) is 0 Å². The zero-order valence-corrected chi connectivity index (χ0v) is 13.3. The van der Waals surface area contributed by atoms with Gasteiger partial charge in [-0.05, 0) is 43.7 Å². The molecule has 1 aromatic rings. The lowest BCUT2D eigenvalue weighted by Gasteiger charge is -2.35. The molecule has 0 aromatic carbocycles. The van der Waals surface area contributed by atoms with Gasteiger partial charge in [0.15, 0.2) is 0 Å². The fourth-order valence-corrected chi connectivity index (χ4v) is 3.66. The van der Waals surface area contributed by atoms with Crippen LogP contribution in [-0.4, -0.2) is 36.5 Å². The molecule has 2 heterocycles. The van der Waals surface area contributed by atoms with E-state index >= 15 is 0 Å². The zero-order valence-electron chi connectivity index (χ0n) is 12.4. The van der Waals surface area contributed by atoms with Gasteiger partial charge in [-0.25, -0.2) is 0 Å². The Hall–Kier alpha value is -0.870. The maximum atomic E-state index is 11.8. The van der Waals surface area contributed by atoms with Crippen molar-refractivity contribution in [3.63, 3.8) is 0 Å². The molecule has 1 amide bonds. The number of thiophene rings is 1. The first-order valence-electron chi connectivity index (χ1n) is 7.82. The second-order valence-electron chi connectivity index (χ2n) is 5.55. The third-order valence-electron chi connectivity index (χ3n) is 4.08. The number of amides is 1. The molecule has 0 radical (unpaired) electrons. The van der Waals surface area contributed by atoms with E-state index in [1.807, 2.05) is 17.5 Å². The summed E-state index contributed by atoms with van der Waals surface area (Å²) >= 11 is 1.65. The number of piperidine rings is 1. The van der Waals surface area contributed by atoms with E-state index in [1.54, 1.807) is 11.3 Å². The van der Waals surface area contributed by atoms with Crippen molar-refractivity contribution < 1.29 is 4.79 Å². The predicted molar refractivity (Wildman–Crippen MR) is 85.2 cm³/mol. The molecule has 4 heteroatoms. The summed E-state index contributed by atoms with van der Waals surface area (Å²) in [5.41, 5.74) is 0. The van der Waals surface area contributed by atoms with Crippen LogP contribution in [0.1, 0.15) is 43.9 Å². The van der Waals surface area contributed by atoms with E-state index in [0.717, 1.165) is 30.4 Å². The van der Waals surface area contributed by atoms with E-state index in [0.29, 0.717) is 6.42 Å². The van der Waals surface area contributed by atoms with Gasteiger partial charge in [0.1, 0.15) is 0 Å². The van der Waals surface area contributed by atoms with Gasteiger partial charge in [-0.3, -0.25) is 4.79 Å². The monoisotopic (exact) mass is 294 g/mol. The van der Waals surface area contributed by atoms with Crippen molar-refractivity contribution in [2.75, 3.05) is 19.6 Å². The lowest BCUT2D eigenvalue weighted by molar-refractivity contribution is -0.120. The van der Waals surface area contributed by atoms with E-state index in [4.69, 9.17) is 0 Å². The fraction of sp³-hybridized carbons (Fsp3) is 0.688. The summed E-state index contributed by atoms with van der Waals surface area (Å²) in [7, 11) is 0. The quantitative estimate of drug-likeness (QED) is 0.784. The summed E-state index contributed by atoms with van der Waals surface area (Å²) < 4.78 is 0. The van der Waals surface area contributed by atoms with Gasteiger partial charge in [0, 0.05) is 24.0 Å². The Kier molecular flexibility index (Phi) is 6.54. The van der Waals surface area contributed by atoms with Crippen molar-refractivity contribution in [2.24, 2.45) is 0 Å². The van der Waals surface area contributed by atoms with Crippen LogP contribution in [0.25, 0.3) is 0 Å². The van der Waals surface area contributed by atoms with E-state index in [9.17, 15) is 4.79 Å². The van der Waals surface area contributed by atoms with Crippen LogP contribution < -0.4 is 5.32 Å². The number of carbonyl (C=O) groups is 1. The largest absolute Gasteiger partial charge is 0.356 e. The van der Waals surface area contributed by atoms with Gasteiger partial charge >= 0.3 is 0 Å². The van der Waals surface area contributed by atoms with Gasteiger partial charge in [0.2, 0.25) is 5.91 Å². The normalized spacial score (nSPS) is 19.9. The number of likely N-dealkylation sites (tertiary alicyclic amines) is 1. The summed E-state index contributed by atoms with van der Waals surface area (Å²) in [5, 5.41) is 5.05. The Labute approximate surface area is 126 Å². The second-order valence-corrected chi connectivity index (χ2v) is 6.59. The maximum absolute atomic E-state index is 11.8. The highest BCUT2D eigenvalue weighted by Gasteiger charge is 2.19. The average Bonchev–Trinajstić information content (AvgIpc) is 2.97. The van der Waals surface area contributed by atoms with E-state index in [-0.39, 0.29) is 5.91 Å². The predicted octanol–water partition coefficient (Wildman–Crippen LogP) is 3.06. The molecule has 0 aliphatic carbocycles.